The van der Waals surface area contributed by atoms with E-state index in [4.69, 9.17) is 11.2 Å². The van der Waals surface area contributed by atoms with Crippen LogP contribution in [0.25, 0.3) is 11.3 Å². The summed E-state index contributed by atoms with van der Waals surface area (Å²) in [4.78, 5) is 49.6. The van der Waals surface area contributed by atoms with Crippen LogP contribution in [0, 0.1) is 19.3 Å². The summed E-state index contributed by atoms with van der Waals surface area (Å²) in [7, 11) is 3.59. The molecular formula is C47H47N5O6. The van der Waals surface area contributed by atoms with Crippen LogP contribution in [-0.4, -0.2) is 99.9 Å². The van der Waals surface area contributed by atoms with Crippen LogP contribution >= 0.6 is 0 Å². The van der Waals surface area contributed by atoms with Crippen LogP contribution < -0.4 is 4.90 Å². The number of phenolic OH excluding ortho intramolecular Hbond substituents is 1. The van der Waals surface area contributed by atoms with Gasteiger partial charge in [0.1, 0.15) is 5.75 Å². The summed E-state index contributed by atoms with van der Waals surface area (Å²) in [5.41, 5.74) is 8.99. The molecule has 3 amide bonds. The third kappa shape index (κ3) is 7.21. The van der Waals surface area contributed by atoms with Crippen molar-refractivity contribution in [2.45, 2.75) is 38.4 Å². The number of hydrogen-bond donors (Lipinski definition) is 2. The monoisotopic (exact) mass is 777 g/mol. The minimum absolute atomic E-state index is 0.103. The molecule has 4 heterocycles. The van der Waals surface area contributed by atoms with E-state index in [1.807, 2.05) is 78.0 Å². The van der Waals surface area contributed by atoms with Crippen LogP contribution in [0.4, 0.5) is 10.5 Å². The maximum atomic E-state index is 15.5. The number of benzene rings is 4. The summed E-state index contributed by atoms with van der Waals surface area (Å²) in [6, 6.07) is 27.9. The highest BCUT2D eigenvalue weighted by Crippen LogP contribution is 2.41. The maximum absolute atomic E-state index is 15.5. The lowest BCUT2D eigenvalue weighted by Gasteiger charge is -2.41. The molecule has 1 unspecified atom stereocenters. The van der Waals surface area contributed by atoms with Gasteiger partial charge in [0.2, 0.25) is 0 Å². The van der Waals surface area contributed by atoms with Gasteiger partial charge < -0.3 is 34.2 Å². The standard InChI is InChI=1S/C47H47N5O6/c1-5-31-10-8-9-13-38(31)43-29-51(47(56)57)26-34-23-42(46(55)52-27-33-12-7-6-11-32(33)22-36(52)28-50-18-20-58-21-19-50)41(24-40(34)43)44-25-39(30(2)48(44)3)45(54)49(4)35-14-16-37(53)17-15-35/h1,6-17,23-25,36,43,53H,18-22,26-29H2,2-4H3,(H,56,57)/t36-,43?/m0/s1. The van der Waals surface area contributed by atoms with Gasteiger partial charge in [-0.3, -0.25) is 14.5 Å². The zero-order valence-corrected chi connectivity index (χ0v) is 33.0. The predicted molar refractivity (Wildman–Crippen MR) is 222 cm³/mol. The summed E-state index contributed by atoms with van der Waals surface area (Å²) in [6.45, 7) is 6.15. The van der Waals surface area contributed by atoms with Gasteiger partial charge in [-0.2, -0.15) is 0 Å². The number of morpholine rings is 1. The van der Waals surface area contributed by atoms with Crippen LogP contribution in [0.3, 0.4) is 0 Å². The molecule has 3 aliphatic rings. The maximum Gasteiger partial charge on any atom is 0.407 e. The first-order valence-corrected chi connectivity index (χ1v) is 19.6. The molecule has 3 aliphatic heterocycles. The van der Waals surface area contributed by atoms with Crippen molar-refractivity contribution in [3.8, 4) is 29.4 Å². The Bertz CT molecular complexity index is 2440. The number of hydrogen-bond acceptors (Lipinski definition) is 6. The van der Waals surface area contributed by atoms with Gasteiger partial charge in [0, 0.05) is 99.1 Å². The van der Waals surface area contributed by atoms with Crippen LogP contribution in [0.1, 0.15) is 65.7 Å². The third-order valence-electron chi connectivity index (χ3n) is 12.2. The van der Waals surface area contributed by atoms with Crippen molar-refractivity contribution in [1.82, 2.24) is 19.3 Å². The second-order valence-electron chi connectivity index (χ2n) is 15.5. The van der Waals surface area contributed by atoms with E-state index >= 15 is 4.79 Å². The fourth-order valence-electron chi connectivity index (χ4n) is 8.82. The van der Waals surface area contributed by atoms with Crippen molar-refractivity contribution in [2.24, 2.45) is 7.05 Å². The number of terminal acetylenes is 1. The van der Waals surface area contributed by atoms with Gasteiger partial charge in [0.05, 0.1) is 18.8 Å². The smallest absolute Gasteiger partial charge is 0.407 e. The molecule has 58 heavy (non-hydrogen) atoms. The molecule has 11 nitrogen and oxygen atoms in total. The normalized spacial score (nSPS) is 17.9. The first-order chi connectivity index (χ1) is 28.0. The molecule has 0 aliphatic carbocycles. The van der Waals surface area contributed by atoms with Crippen molar-refractivity contribution in [3.63, 3.8) is 0 Å². The number of nitrogens with zero attached hydrogens (tertiary/aromatic N) is 5. The Kier molecular flexibility index (Phi) is 10.6. The van der Waals surface area contributed by atoms with Crippen molar-refractivity contribution < 1.29 is 29.3 Å². The summed E-state index contributed by atoms with van der Waals surface area (Å²) < 4.78 is 7.60. The Labute approximate surface area is 338 Å². The Morgan fingerprint density at radius 2 is 1.59 bits per heavy atom. The van der Waals surface area contributed by atoms with Gasteiger partial charge in [0.25, 0.3) is 11.8 Å². The Hall–Kier alpha value is -6.35. The SMILES string of the molecule is C#Cc1ccccc1C1CN(C(=O)O)Cc2cc(C(=O)N3Cc4ccccc4C[C@H]3CN3CCOCC3)c(-c3cc(C(=O)N(C)c4ccc(O)cc4)c(C)n3C)cc21. The summed E-state index contributed by atoms with van der Waals surface area (Å²) in [5, 5.41) is 20.2. The van der Waals surface area contributed by atoms with Gasteiger partial charge in [-0.05, 0) is 89.7 Å². The number of carbonyl (C=O) groups excluding carboxylic acids is 2. The van der Waals surface area contributed by atoms with E-state index in [2.05, 4.69) is 23.0 Å². The zero-order valence-electron chi connectivity index (χ0n) is 33.0. The quantitative estimate of drug-likeness (QED) is 0.182. The predicted octanol–water partition coefficient (Wildman–Crippen LogP) is 6.49. The number of anilines is 1. The third-order valence-corrected chi connectivity index (χ3v) is 12.2. The van der Waals surface area contributed by atoms with Crippen molar-refractivity contribution in [3.05, 3.63) is 141 Å². The minimum atomic E-state index is -1.05. The lowest BCUT2D eigenvalue weighted by Crippen LogP contribution is -2.52. The molecule has 2 N–H and O–H groups in total. The van der Waals surface area contributed by atoms with Gasteiger partial charge in [-0.15, -0.1) is 6.42 Å². The van der Waals surface area contributed by atoms with E-state index in [0.29, 0.717) is 72.1 Å². The first-order valence-electron chi connectivity index (χ1n) is 19.6. The molecule has 0 saturated carbocycles. The number of carbonyl (C=O) groups is 3. The average Bonchev–Trinajstić information content (AvgIpc) is 3.54. The number of aromatic nitrogens is 1. The minimum Gasteiger partial charge on any atom is -0.508 e. The number of ether oxygens (including phenoxy) is 1. The van der Waals surface area contributed by atoms with Gasteiger partial charge in [-0.25, -0.2) is 4.79 Å². The van der Waals surface area contributed by atoms with Crippen LogP contribution in [0.2, 0.25) is 0 Å². The molecule has 0 radical (unpaired) electrons. The number of fused-ring (bicyclic) bond motifs is 2. The highest BCUT2D eigenvalue weighted by Gasteiger charge is 2.37. The summed E-state index contributed by atoms with van der Waals surface area (Å²) in [6.07, 6.45) is 5.65. The van der Waals surface area contributed by atoms with E-state index in [1.54, 1.807) is 36.2 Å². The van der Waals surface area contributed by atoms with Crippen molar-refractivity contribution >= 4 is 23.6 Å². The lowest BCUT2D eigenvalue weighted by molar-refractivity contribution is 0.0193. The van der Waals surface area contributed by atoms with E-state index in [-0.39, 0.29) is 36.7 Å². The molecule has 1 aromatic heterocycles. The molecule has 1 saturated heterocycles. The Balaban J connectivity index is 1.29. The number of phenols is 1. The van der Waals surface area contributed by atoms with E-state index in [1.165, 1.54) is 10.5 Å². The Morgan fingerprint density at radius 3 is 2.31 bits per heavy atom. The molecule has 8 rings (SSSR count). The molecule has 5 aromatic rings. The number of rotatable bonds is 7. The molecular weight excluding hydrogens is 731 g/mol. The van der Waals surface area contributed by atoms with Gasteiger partial charge in [0.15, 0.2) is 0 Å². The largest absolute Gasteiger partial charge is 0.508 e. The van der Waals surface area contributed by atoms with E-state index in [9.17, 15) is 19.8 Å². The molecule has 11 heteroatoms. The topological polar surface area (TPSA) is 119 Å². The summed E-state index contributed by atoms with van der Waals surface area (Å²) in [5.74, 6) is 2.08. The average molecular weight is 778 g/mol. The second-order valence-corrected chi connectivity index (χ2v) is 15.5. The van der Waals surface area contributed by atoms with Crippen LogP contribution in [0.5, 0.6) is 5.75 Å². The Morgan fingerprint density at radius 1 is 0.879 bits per heavy atom. The second kappa shape index (κ2) is 15.9. The number of amides is 3. The van der Waals surface area contributed by atoms with Gasteiger partial charge in [-0.1, -0.05) is 48.4 Å². The van der Waals surface area contributed by atoms with E-state index in [0.717, 1.165) is 35.3 Å². The number of carboxylic acid groups (broad SMARTS) is 1. The molecule has 2 atom stereocenters. The first kappa shape index (κ1) is 38.5. The number of aromatic hydroxyl groups is 1. The fraction of sp³-hybridized carbons (Fsp3) is 0.298. The highest BCUT2D eigenvalue weighted by molar-refractivity contribution is 6.08. The highest BCUT2D eigenvalue weighted by atomic mass is 16.5. The molecule has 0 bridgehead atoms. The molecule has 296 valence electrons. The van der Waals surface area contributed by atoms with E-state index < -0.39 is 12.0 Å². The fourth-order valence-corrected chi connectivity index (χ4v) is 8.82. The van der Waals surface area contributed by atoms with Crippen LogP contribution in [0.15, 0.2) is 91.0 Å². The zero-order chi connectivity index (χ0) is 40.7. The molecule has 1 fully saturated rings. The van der Waals surface area contributed by atoms with Crippen molar-refractivity contribution in [1.29, 1.82) is 0 Å². The van der Waals surface area contributed by atoms with Crippen LogP contribution in [-0.2, 0) is 31.3 Å². The molecule has 4 aromatic carbocycles. The summed E-state index contributed by atoms with van der Waals surface area (Å²) >= 11 is 0. The van der Waals surface area contributed by atoms with Gasteiger partial charge >= 0.3 is 6.09 Å². The lowest BCUT2D eigenvalue weighted by atomic mass is 9.80. The molecule has 0 spiro atoms. The van der Waals surface area contributed by atoms with Crippen molar-refractivity contribution in [2.75, 3.05) is 51.3 Å².